The Bertz CT molecular complexity index is 526. The Kier molecular flexibility index (Phi) is 5.83. The summed E-state index contributed by atoms with van der Waals surface area (Å²) < 4.78 is 1.30. The molecule has 0 aliphatic rings. The summed E-state index contributed by atoms with van der Waals surface area (Å²) in [6.45, 7) is 7.01. The number of rotatable bonds is 7. The number of nitrogens with zero attached hydrogens (tertiary/aromatic N) is 3. The van der Waals surface area contributed by atoms with Crippen LogP contribution in [0.5, 0.6) is 0 Å². The highest BCUT2D eigenvalue weighted by atomic mass is 16.6. The summed E-state index contributed by atoms with van der Waals surface area (Å²) in [6.07, 6.45) is 0.217. The normalized spacial score (nSPS) is 13.8. The van der Waals surface area contributed by atoms with Gasteiger partial charge in [-0.25, -0.2) is 0 Å². The molecular weight excluding hydrogens is 276 g/mol. The van der Waals surface area contributed by atoms with Crippen LogP contribution in [0.1, 0.15) is 31.7 Å². The highest BCUT2D eigenvalue weighted by Gasteiger charge is 2.23. The fourth-order valence-corrected chi connectivity index (χ4v) is 1.99. The number of carbonyl (C=O) groups is 1. The molecule has 0 saturated heterocycles. The maximum atomic E-state index is 11.8. The van der Waals surface area contributed by atoms with E-state index in [-0.39, 0.29) is 36.3 Å². The summed E-state index contributed by atoms with van der Waals surface area (Å²) >= 11 is 0. The zero-order valence-corrected chi connectivity index (χ0v) is 12.8. The van der Waals surface area contributed by atoms with Crippen molar-refractivity contribution in [1.82, 2.24) is 15.1 Å². The number of aryl methyl sites for hydroxylation is 1. The summed E-state index contributed by atoms with van der Waals surface area (Å²) in [7, 11) is 0. The van der Waals surface area contributed by atoms with E-state index >= 15 is 0 Å². The molecule has 0 aliphatic carbocycles. The van der Waals surface area contributed by atoms with E-state index in [1.807, 2.05) is 13.8 Å². The van der Waals surface area contributed by atoms with Crippen LogP contribution >= 0.6 is 0 Å². The molecule has 2 N–H and O–H groups in total. The number of hydrogen-bond acceptors (Lipinski definition) is 5. The fraction of sp³-hybridized carbons (Fsp3) is 0.692. The summed E-state index contributed by atoms with van der Waals surface area (Å²) in [5.41, 5.74) is 0.558. The minimum atomic E-state index is -0.603. The smallest absolute Gasteiger partial charge is 0.312 e. The van der Waals surface area contributed by atoms with Crippen molar-refractivity contribution >= 4 is 11.6 Å². The van der Waals surface area contributed by atoms with Crippen molar-refractivity contribution in [1.29, 1.82) is 0 Å². The van der Waals surface area contributed by atoms with Gasteiger partial charge in [0.2, 0.25) is 5.91 Å². The first-order valence-corrected chi connectivity index (χ1v) is 6.91. The Hall–Kier alpha value is -1.96. The van der Waals surface area contributed by atoms with Gasteiger partial charge < -0.3 is 10.4 Å². The van der Waals surface area contributed by atoms with Crippen LogP contribution in [0.25, 0.3) is 0 Å². The number of aliphatic hydroxyl groups is 1. The standard InChI is InChI=1S/C13H22N4O4/c1-5-8(2)11(18)6-14-12(19)7-16-10(4)13(17(20)21)9(3)15-16/h8,11,18H,5-7H2,1-4H3,(H,14,19). The highest BCUT2D eigenvalue weighted by molar-refractivity contribution is 5.75. The Morgan fingerprint density at radius 2 is 2.14 bits per heavy atom. The van der Waals surface area contributed by atoms with Crippen LogP contribution in [-0.4, -0.2) is 38.4 Å². The quantitative estimate of drug-likeness (QED) is 0.574. The first kappa shape index (κ1) is 17.1. The van der Waals surface area contributed by atoms with Crippen molar-refractivity contribution in [2.75, 3.05) is 6.54 Å². The maximum absolute atomic E-state index is 11.8. The van der Waals surface area contributed by atoms with E-state index in [1.165, 1.54) is 11.6 Å². The van der Waals surface area contributed by atoms with Gasteiger partial charge in [0.15, 0.2) is 0 Å². The number of nitrogens with one attached hydrogen (secondary N) is 1. The van der Waals surface area contributed by atoms with Crippen LogP contribution in [-0.2, 0) is 11.3 Å². The lowest BCUT2D eigenvalue weighted by Gasteiger charge is -2.17. The fourth-order valence-electron chi connectivity index (χ4n) is 1.99. The minimum Gasteiger partial charge on any atom is -0.391 e. The minimum absolute atomic E-state index is 0.0672. The third-order valence-electron chi connectivity index (χ3n) is 3.63. The lowest BCUT2D eigenvalue weighted by Crippen LogP contribution is -2.37. The first-order chi connectivity index (χ1) is 9.77. The van der Waals surface area contributed by atoms with Crippen molar-refractivity contribution in [2.24, 2.45) is 5.92 Å². The van der Waals surface area contributed by atoms with Crippen molar-refractivity contribution in [3.8, 4) is 0 Å². The molecule has 21 heavy (non-hydrogen) atoms. The van der Waals surface area contributed by atoms with E-state index < -0.39 is 11.0 Å². The van der Waals surface area contributed by atoms with Crippen LogP contribution < -0.4 is 5.32 Å². The summed E-state index contributed by atoms with van der Waals surface area (Å²) in [5, 5.41) is 27.3. The van der Waals surface area contributed by atoms with Gasteiger partial charge >= 0.3 is 5.69 Å². The van der Waals surface area contributed by atoms with Gasteiger partial charge in [-0.1, -0.05) is 20.3 Å². The van der Waals surface area contributed by atoms with Crippen molar-refractivity contribution in [2.45, 2.75) is 46.8 Å². The molecule has 2 atom stereocenters. The predicted molar refractivity (Wildman–Crippen MR) is 76.8 cm³/mol. The average molecular weight is 298 g/mol. The second-order valence-corrected chi connectivity index (χ2v) is 5.19. The first-order valence-electron chi connectivity index (χ1n) is 6.91. The van der Waals surface area contributed by atoms with E-state index in [2.05, 4.69) is 10.4 Å². The molecule has 0 aromatic carbocycles. The Morgan fingerprint density at radius 3 is 2.62 bits per heavy atom. The van der Waals surface area contributed by atoms with Gasteiger partial charge in [0.1, 0.15) is 17.9 Å². The number of amides is 1. The Balaban J connectivity index is 2.64. The molecule has 1 rings (SSSR count). The maximum Gasteiger partial charge on any atom is 0.312 e. The number of aliphatic hydroxyl groups excluding tert-OH is 1. The molecule has 1 heterocycles. The molecule has 8 heteroatoms. The van der Waals surface area contributed by atoms with E-state index in [0.29, 0.717) is 5.69 Å². The van der Waals surface area contributed by atoms with Crippen LogP contribution in [0, 0.1) is 29.9 Å². The van der Waals surface area contributed by atoms with Gasteiger partial charge in [0.05, 0.1) is 11.0 Å². The predicted octanol–water partition coefficient (Wildman–Crippen LogP) is 0.931. The second kappa shape index (κ2) is 7.16. The molecule has 0 fully saturated rings. The third-order valence-corrected chi connectivity index (χ3v) is 3.63. The lowest BCUT2D eigenvalue weighted by atomic mass is 10.0. The molecule has 1 amide bonds. The molecule has 1 aromatic heterocycles. The van der Waals surface area contributed by atoms with Crippen LogP contribution in [0.15, 0.2) is 0 Å². The summed E-state index contributed by atoms with van der Waals surface area (Å²) in [5.74, 6) is -0.238. The van der Waals surface area contributed by atoms with Crippen LogP contribution in [0.3, 0.4) is 0 Å². The van der Waals surface area contributed by atoms with E-state index in [4.69, 9.17) is 0 Å². The number of aromatic nitrogens is 2. The SMILES string of the molecule is CCC(C)C(O)CNC(=O)Cn1nc(C)c([N+](=O)[O-])c1C. The molecule has 1 aromatic rings. The van der Waals surface area contributed by atoms with E-state index in [1.54, 1.807) is 6.92 Å². The Morgan fingerprint density at radius 1 is 1.52 bits per heavy atom. The number of carbonyl (C=O) groups excluding carboxylic acids is 1. The molecule has 8 nitrogen and oxygen atoms in total. The second-order valence-electron chi connectivity index (χ2n) is 5.19. The van der Waals surface area contributed by atoms with Gasteiger partial charge in [-0.2, -0.15) is 5.10 Å². The third kappa shape index (κ3) is 4.25. The van der Waals surface area contributed by atoms with Gasteiger partial charge in [0, 0.05) is 6.54 Å². The van der Waals surface area contributed by atoms with Gasteiger partial charge in [-0.05, 0) is 19.8 Å². The largest absolute Gasteiger partial charge is 0.391 e. The zero-order chi connectivity index (χ0) is 16.2. The van der Waals surface area contributed by atoms with Crippen LogP contribution in [0.2, 0.25) is 0 Å². The molecule has 0 bridgehead atoms. The van der Waals surface area contributed by atoms with Crippen molar-refractivity contribution in [3.63, 3.8) is 0 Å². The van der Waals surface area contributed by atoms with Crippen molar-refractivity contribution < 1.29 is 14.8 Å². The molecule has 118 valence electrons. The monoisotopic (exact) mass is 298 g/mol. The summed E-state index contributed by atoms with van der Waals surface area (Å²) in [6, 6.07) is 0. The number of hydrogen-bond donors (Lipinski definition) is 2. The van der Waals surface area contributed by atoms with Gasteiger partial charge in [0.25, 0.3) is 0 Å². The number of nitro groups is 1. The van der Waals surface area contributed by atoms with Crippen molar-refractivity contribution in [3.05, 3.63) is 21.5 Å². The van der Waals surface area contributed by atoms with E-state index in [0.717, 1.165) is 6.42 Å². The molecule has 0 saturated carbocycles. The van der Waals surface area contributed by atoms with Gasteiger partial charge in [-0.3, -0.25) is 19.6 Å². The lowest BCUT2D eigenvalue weighted by molar-refractivity contribution is -0.386. The van der Waals surface area contributed by atoms with Gasteiger partial charge in [-0.15, -0.1) is 0 Å². The van der Waals surface area contributed by atoms with E-state index in [9.17, 15) is 20.0 Å². The molecule has 2 unspecified atom stereocenters. The summed E-state index contributed by atoms with van der Waals surface area (Å²) in [4.78, 5) is 22.2. The van der Waals surface area contributed by atoms with Crippen LogP contribution in [0.4, 0.5) is 5.69 Å². The molecule has 0 aliphatic heterocycles. The Labute approximate surface area is 123 Å². The molecule has 0 radical (unpaired) electrons. The molecular formula is C13H22N4O4. The zero-order valence-electron chi connectivity index (χ0n) is 12.8. The average Bonchev–Trinajstić information content (AvgIpc) is 2.69. The molecule has 0 spiro atoms. The highest BCUT2D eigenvalue weighted by Crippen LogP contribution is 2.21. The topological polar surface area (TPSA) is 110 Å².